The van der Waals surface area contributed by atoms with Crippen LogP contribution in [-0.2, 0) is 16.0 Å². The van der Waals surface area contributed by atoms with Crippen molar-refractivity contribution in [2.24, 2.45) is 0 Å². The Balaban J connectivity index is 1.48. The van der Waals surface area contributed by atoms with Crippen LogP contribution < -0.4 is 10.6 Å². The predicted molar refractivity (Wildman–Crippen MR) is 98.5 cm³/mol. The van der Waals surface area contributed by atoms with Crippen molar-refractivity contribution in [2.75, 3.05) is 38.5 Å². The first-order valence-corrected chi connectivity index (χ1v) is 9.13. The van der Waals surface area contributed by atoms with Gasteiger partial charge in [0, 0.05) is 37.9 Å². The van der Waals surface area contributed by atoms with Gasteiger partial charge in [-0.15, -0.1) is 0 Å². The van der Waals surface area contributed by atoms with Crippen molar-refractivity contribution < 1.29 is 9.59 Å². The van der Waals surface area contributed by atoms with Crippen molar-refractivity contribution in [3.63, 3.8) is 0 Å². The smallest absolute Gasteiger partial charge is 0.241 e. The van der Waals surface area contributed by atoms with Crippen molar-refractivity contribution in [1.29, 1.82) is 0 Å². The zero-order chi connectivity index (χ0) is 17.8. The number of hydrogen-bond donors (Lipinski definition) is 2. The molecule has 0 bridgehead atoms. The summed E-state index contributed by atoms with van der Waals surface area (Å²) in [6.45, 7) is 5.78. The van der Waals surface area contributed by atoms with E-state index in [1.54, 1.807) is 0 Å². The first-order valence-electron chi connectivity index (χ1n) is 9.13. The van der Waals surface area contributed by atoms with Gasteiger partial charge in [-0.3, -0.25) is 14.5 Å². The number of carbonyl (C=O) groups is 2. The van der Waals surface area contributed by atoms with Crippen LogP contribution in [0.5, 0.6) is 0 Å². The van der Waals surface area contributed by atoms with E-state index in [0.717, 1.165) is 50.3 Å². The minimum absolute atomic E-state index is 0.0174. The lowest BCUT2D eigenvalue weighted by molar-refractivity contribution is -0.121. The highest BCUT2D eigenvalue weighted by atomic mass is 16.2. The lowest BCUT2D eigenvalue weighted by Crippen LogP contribution is -2.51. The number of piperazine rings is 1. The fraction of sp³-hybridized carbons (Fsp3) is 0.579. The Morgan fingerprint density at radius 1 is 1.12 bits per heavy atom. The molecule has 2 fully saturated rings. The Kier molecular flexibility index (Phi) is 5.71. The molecule has 2 N–H and O–H groups in total. The second-order valence-electron chi connectivity index (χ2n) is 7.22. The SMILES string of the molecule is CC(C(=O)Nc1ccc(CC(=O)NC2CC2)cc1)N1CCN(C)CC1. The molecule has 6 heteroatoms. The highest BCUT2D eigenvalue weighted by Crippen LogP contribution is 2.19. The zero-order valence-corrected chi connectivity index (χ0v) is 15.1. The lowest BCUT2D eigenvalue weighted by Gasteiger charge is -2.35. The minimum atomic E-state index is -0.141. The number of amides is 2. The van der Waals surface area contributed by atoms with Crippen LogP contribution in [0, 0.1) is 0 Å². The molecule has 1 aromatic carbocycles. The molecular formula is C19H28N4O2. The number of anilines is 1. The van der Waals surface area contributed by atoms with Gasteiger partial charge in [0.2, 0.25) is 11.8 Å². The van der Waals surface area contributed by atoms with E-state index in [1.807, 2.05) is 31.2 Å². The summed E-state index contributed by atoms with van der Waals surface area (Å²) in [5, 5.41) is 5.96. The van der Waals surface area contributed by atoms with Crippen LogP contribution in [0.1, 0.15) is 25.3 Å². The molecule has 1 saturated carbocycles. The molecule has 25 heavy (non-hydrogen) atoms. The predicted octanol–water partition coefficient (Wildman–Crippen LogP) is 1.08. The summed E-state index contributed by atoms with van der Waals surface area (Å²) in [7, 11) is 2.11. The van der Waals surface area contributed by atoms with Gasteiger partial charge in [-0.25, -0.2) is 0 Å². The summed E-state index contributed by atoms with van der Waals surface area (Å²) >= 11 is 0. The quantitative estimate of drug-likeness (QED) is 0.811. The van der Waals surface area contributed by atoms with Gasteiger partial charge in [-0.2, -0.15) is 0 Å². The average molecular weight is 344 g/mol. The van der Waals surface area contributed by atoms with Crippen LogP contribution in [0.2, 0.25) is 0 Å². The Morgan fingerprint density at radius 2 is 1.76 bits per heavy atom. The van der Waals surface area contributed by atoms with Crippen LogP contribution in [0.3, 0.4) is 0 Å². The number of benzene rings is 1. The van der Waals surface area contributed by atoms with Gasteiger partial charge in [0.25, 0.3) is 0 Å². The highest BCUT2D eigenvalue weighted by Gasteiger charge is 2.25. The monoisotopic (exact) mass is 344 g/mol. The second-order valence-corrected chi connectivity index (χ2v) is 7.22. The van der Waals surface area contributed by atoms with Crippen LogP contribution in [0.4, 0.5) is 5.69 Å². The van der Waals surface area contributed by atoms with Gasteiger partial charge in [0.05, 0.1) is 12.5 Å². The van der Waals surface area contributed by atoms with Crippen molar-refractivity contribution in [2.45, 2.75) is 38.3 Å². The maximum atomic E-state index is 12.5. The fourth-order valence-corrected chi connectivity index (χ4v) is 3.02. The molecule has 0 spiro atoms. The van der Waals surface area contributed by atoms with Crippen molar-refractivity contribution >= 4 is 17.5 Å². The first-order chi connectivity index (χ1) is 12.0. The van der Waals surface area contributed by atoms with Crippen LogP contribution in [0.25, 0.3) is 0 Å². The van der Waals surface area contributed by atoms with Crippen LogP contribution in [0.15, 0.2) is 24.3 Å². The third-order valence-electron chi connectivity index (χ3n) is 4.99. The van der Waals surface area contributed by atoms with E-state index in [1.165, 1.54) is 0 Å². The van der Waals surface area contributed by atoms with Crippen LogP contribution >= 0.6 is 0 Å². The highest BCUT2D eigenvalue weighted by molar-refractivity contribution is 5.94. The maximum absolute atomic E-state index is 12.5. The molecule has 1 aliphatic carbocycles. The Bertz CT molecular complexity index is 604. The zero-order valence-electron chi connectivity index (χ0n) is 15.1. The van der Waals surface area contributed by atoms with E-state index in [-0.39, 0.29) is 17.9 Å². The van der Waals surface area contributed by atoms with Gasteiger partial charge < -0.3 is 15.5 Å². The maximum Gasteiger partial charge on any atom is 0.241 e. The van der Waals surface area contributed by atoms with Crippen molar-refractivity contribution in [3.05, 3.63) is 29.8 Å². The van der Waals surface area contributed by atoms with Gasteiger partial charge in [-0.1, -0.05) is 12.1 Å². The molecule has 1 atom stereocenters. The fourth-order valence-electron chi connectivity index (χ4n) is 3.02. The number of rotatable bonds is 6. The Hall–Kier alpha value is -1.92. The molecule has 1 heterocycles. The topological polar surface area (TPSA) is 64.7 Å². The standard InChI is InChI=1S/C19H28N4O2/c1-14(23-11-9-22(2)10-12-23)19(25)21-17-5-3-15(4-6-17)13-18(24)20-16-7-8-16/h3-6,14,16H,7-13H2,1-2H3,(H,20,24)(H,21,25). The second kappa shape index (κ2) is 7.97. The molecule has 1 aromatic rings. The number of nitrogens with one attached hydrogen (secondary N) is 2. The third-order valence-corrected chi connectivity index (χ3v) is 4.99. The van der Waals surface area contributed by atoms with E-state index in [0.29, 0.717) is 12.5 Å². The van der Waals surface area contributed by atoms with E-state index in [2.05, 4.69) is 27.5 Å². The summed E-state index contributed by atoms with van der Waals surface area (Å²) < 4.78 is 0. The molecular weight excluding hydrogens is 316 g/mol. The summed E-state index contributed by atoms with van der Waals surface area (Å²) in [5.74, 6) is 0.0896. The molecule has 1 aliphatic heterocycles. The molecule has 6 nitrogen and oxygen atoms in total. The summed E-state index contributed by atoms with van der Waals surface area (Å²) in [4.78, 5) is 28.8. The van der Waals surface area contributed by atoms with Crippen molar-refractivity contribution in [3.8, 4) is 0 Å². The van der Waals surface area contributed by atoms with Crippen molar-refractivity contribution in [1.82, 2.24) is 15.1 Å². The van der Waals surface area contributed by atoms with Gasteiger partial charge >= 0.3 is 0 Å². The summed E-state index contributed by atoms with van der Waals surface area (Å²) in [5.41, 5.74) is 1.74. The van der Waals surface area contributed by atoms with E-state index in [4.69, 9.17) is 0 Å². The molecule has 3 rings (SSSR count). The number of nitrogens with zero attached hydrogens (tertiary/aromatic N) is 2. The molecule has 2 aliphatic rings. The largest absolute Gasteiger partial charge is 0.353 e. The molecule has 1 saturated heterocycles. The van der Waals surface area contributed by atoms with Gasteiger partial charge in [-0.05, 0) is 44.5 Å². The molecule has 136 valence electrons. The number of hydrogen-bond acceptors (Lipinski definition) is 4. The Labute approximate surface area is 149 Å². The Morgan fingerprint density at radius 3 is 2.36 bits per heavy atom. The summed E-state index contributed by atoms with van der Waals surface area (Å²) in [6, 6.07) is 7.80. The number of likely N-dealkylation sites (N-methyl/N-ethyl adjacent to an activating group) is 1. The third kappa shape index (κ3) is 5.28. The first kappa shape index (κ1) is 17.9. The van der Waals surface area contributed by atoms with E-state index < -0.39 is 0 Å². The molecule has 2 amide bonds. The molecule has 1 unspecified atom stereocenters. The average Bonchev–Trinajstić information content (AvgIpc) is 3.40. The van der Waals surface area contributed by atoms with E-state index in [9.17, 15) is 9.59 Å². The number of carbonyl (C=O) groups excluding carboxylic acids is 2. The normalized spacial score (nSPS) is 20.1. The lowest BCUT2D eigenvalue weighted by atomic mass is 10.1. The van der Waals surface area contributed by atoms with Gasteiger partial charge in [0.1, 0.15) is 0 Å². The van der Waals surface area contributed by atoms with E-state index >= 15 is 0 Å². The molecule has 0 radical (unpaired) electrons. The minimum Gasteiger partial charge on any atom is -0.353 e. The van der Waals surface area contributed by atoms with Gasteiger partial charge in [0.15, 0.2) is 0 Å². The summed E-state index contributed by atoms with van der Waals surface area (Å²) in [6.07, 6.45) is 2.59. The molecule has 0 aromatic heterocycles. The van der Waals surface area contributed by atoms with Crippen LogP contribution in [-0.4, -0.2) is 66.9 Å².